The molecule has 0 saturated carbocycles. The fourth-order valence-electron chi connectivity index (χ4n) is 5.29. The summed E-state index contributed by atoms with van der Waals surface area (Å²) in [5.74, 6) is 0.681. The number of halogens is 2. The van der Waals surface area contributed by atoms with Gasteiger partial charge in [-0.2, -0.15) is 4.98 Å². The summed E-state index contributed by atoms with van der Waals surface area (Å²) in [7, 11) is 3.99. The predicted molar refractivity (Wildman–Crippen MR) is 159 cm³/mol. The number of likely N-dealkylation sites (N-methyl/N-ethyl adjacent to an activating group) is 1. The maximum absolute atomic E-state index is 14.1. The average Bonchev–Trinajstić information content (AvgIpc) is 3.12. The van der Waals surface area contributed by atoms with Gasteiger partial charge >= 0.3 is 5.69 Å². The second-order valence-corrected chi connectivity index (χ2v) is 11.8. The third-order valence-electron chi connectivity index (χ3n) is 7.36. The second-order valence-electron chi connectivity index (χ2n) is 10.4. The van der Waals surface area contributed by atoms with Crippen LogP contribution in [0.5, 0.6) is 0 Å². The van der Waals surface area contributed by atoms with Gasteiger partial charge in [0, 0.05) is 54.3 Å². The molecule has 1 atom stereocenters. The fraction of sp³-hybridized carbons (Fsp3) is 0.414. The standard InChI is InChI=1S/C29H33ClFN5O3S/c1-5-24(37)34-8-10-35(11-9-34)28-21-14-18(2)25(19-6-7-23(31)22(30)15-19)27-26(21)36(29(38)32-28)16-20(17-40-27)39-13-12-33(3)4/h5-7,14-15,20H,1,8-13,16-17H2,2-4H3. The first-order chi connectivity index (χ1) is 19.2. The number of amides is 1. The van der Waals surface area contributed by atoms with Crippen LogP contribution >= 0.6 is 23.4 Å². The number of carbonyl (C=O) groups is 1. The molecule has 212 valence electrons. The monoisotopic (exact) mass is 585 g/mol. The highest BCUT2D eigenvalue weighted by atomic mass is 35.5. The summed E-state index contributed by atoms with van der Waals surface area (Å²) >= 11 is 7.84. The first kappa shape index (κ1) is 28.6. The highest BCUT2D eigenvalue weighted by Crippen LogP contribution is 2.44. The number of ether oxygens (including phenoxy) is 1. The van der Waals surface area contributed by atoms with Crippen molar-refractivity contribution in [2.24, 2.45) is 0 Å². The van der Waals surface area contributed by atoms with E-state index in [1.165, 1.54) is 12.1 Å². The largest absolute Gasteiger partial charge is 0.374 e. The SMILES string of the molecule is C=CC(=O)N1CCN(c2nc(=O)n3c4c(c(-c5ccc(F)c(Cl)c5)c(C)cc24)SCC(OCCN(C)C)C3)CC1. The zero-order chi connectivity index (χ0) is 28.6. The lowest BCUT2D eigenvalue weighted by molar-refractivity contribution is -0.126. The van der Waals surface area contributed by atoms with Crippen LogP contribution in [0.2, 0.25) is 5.02 Å². The topological polar surface area (TPSA) is 70.9 Å². The molecule has 3 heterocycles. The Hall–Kier alpha value is -2.92. The van der Waals surface area contributed by atoms with Crippen LogP contribution in [0.4, 0.5) is 10.2 Å². The molecular weight excluding hydrogens is 553 g/mol. The minimum Gasteiger partial charge on any atom is -0.374 e. The second kappa shape index (κ2) is 11.9. The minimum atomic E-state index is -0.478. The Morgan fingerprint density at radius 3 is 2.70 bits per heavy atom. The molecule has 2 aromatic carbocycles. The van der Waals surface area contributed by atoms with Gasteiger partial charge < -0.3 is 19.4 Å². The maximum atomic E-state index is 14.1. The molecule has 5 rings (SSSR count). The third kappa shape index (κ3) is 5.63. The summed E-state index contributed by atoms with van der Waals surface area (Å²) < 4.78 is 22.0. The molecule has 1 unspecified atom stereocenters. The van der Waals surface area contributed by atoms with Crippen molar-refractivity contribution in [3.05, 3.63) is 63.8 Å². The normalized spacial score (nSPS) is 17.4. The van der Waals surface area contributed by atoms with Crippen LogP contribution in [0.25, 0.3) is 22.0 Å². The van der Waals surface area contributed by atoms with E-state index in [2.05, 4.69) is 27.4 Å². The number of rotatable bonds is 7. The molecule has 11 heteroatoms. The van der Waals surface area contributed by atoms with Crippen LogP contribution in [-0.4, -0.2) is 90.5 Å². The Morgan fingerprint density at radius 1 is 1.27 bits per heavy atom. The number of aromatic nitrogens is 2. The number of nitrogens with zero attached hydrogens (tertiary/aromatic N) is 5. The summed E-state index contributed by atoms with van der Waals surface area (Å²) in [6, 6.07) is 6.79. The number of hydrogen-bond donors (Lipinski definition) is 0. The molecule has 1 fully saturated rings. The molecule has 1 saturated heterocycles. The van der Waals surface area contributed by atoms with E-state index in [-0.39, 0.29) is 22.7 Å². The number of benzene rings is 2. The highest BCUT2D eigenvalue weighted by Gasteiger charge is 2.29. The van der Waals surface area contributed by atoms with Crippen molar-refractivity contribution in [1.82, 2.24) is 19.4 Å². The molecule has 8 nitrogen and oxygen atoms in total. The molecule has 0 radical (unpaired) electrons. The first-order valence-electron chi connectivity index (χ1n) is 13.3. The van der Waals surface area contributed by atoms with Crippen molar-refractivity contribution >= 4 is 46.0 Å². The number of thioether (sulfide) groups is 1. The summed E-state index contributed by atoms with van der Waals surface area (Å²) in [6.45, 7) is 9.45. The zero-order valence-corrected chi connectivity index (χ0v) is 24.5. The van der Waals surface area contributed by atoms with E-state index in [0.717, 1.165) is 39.0 Å². The summed E-state index contributed by atoms with van der Waals surface area (Å²) in [6.07, 6.45) is 1.14. The number of anilines is 1. The van der Waals surface area contributed by atoms with Crippen molar-refractivity contribution < 1.29 is 13.9 Å². The summed E-state index contributed by atoms with van der Waals surface area (Å²) in [4.78, 5) is 37.2. The van der Waals surface area contributed by atoms with Gasteiger partial charge in [0.2, 0.25) is 5.91 Å². The first-order valence-corrected chi connectivity index (χ1v) is 14.6. The Balaban J connectivity index is 1.64. The van der Waals surface area contributed by atoms with E-state index in [0.29, 0.717) is 50.9 Å². The lowest BCUT2D eigenvalue weighted by Gasteiger charge is -2.35. The van der Waals surface area contributed by atoms with Crippen molar-refractivity contribution in [2.75, 3.05) is 64.1 Å². The van der Waals surface area contributed by atoms with Crippen molar-refractivity contribution in [3.63, 3.8) is 0 Å². The molecule has 2 aliphatic rings. The molecular formula is C29H33ClFN5O3S. The summed E-state index contributed by atoms with van der Waals surface area (Å²) in [5, 5.41) is 0.918. The van der Waals surface area contributed by atoms with Gasteiger partial charge in [-0.1, -0.05) is 24.2 Å². The van der Waals surface area contributed by atoms with E-state index < -0.39 is 5.82 Å². The molecule has 3 aromatic rings. The van der Waals surface area contributed by atoms with Crippen molar-refractivity contribution in [1.29, 1.82) is 0 Å². The number of piperazine rings is 1. The lowest BCUT2D eigenvalue weighted by atomic mass is 9.97. The molecule has 40 heavy (non-hydrogen) atoms. The van der Waals surface area contributed by atoms with Gasteiger partial charge in [-0.05, 0) is 56.4 Å². The van der Waals surface area contributed by atoms with Gasteiger partial charge in [-0.25, -0.2) is 9.18 Å². The maximum Gasteiger partial charge on any atom is 0.350 e. The molecule has 0 spiro atoms. The van der Waals surface area contributed by atoms with Crippen LogP contribution in [-0.2, 0) is 16.1 Å². The van der Waals surface area contributed by atoms with Gasteiger partial charge in [0.15, 0.2) is 0 Å². The molecule has 0 aliphatic carbocycles. The number of carbonyl (C=O) groups excluding carboxylic acids is 1. The highest BCUT2D eigenvalue weighted by molar-refractivity contribution is 7.99. The van der Waals surface area contributed by atoms with Gasteiger partial charge in [0.05, 0.1) is 29.8 Å². The van der Waals surface area contributed by atoms with Crippen LogP contribution < -0.4 is 10.6 Å². The third-order valence-corrected chi connectivity index (χ3v) is 8.88. The molecule has 2 aliphatic heterocycles. The Kier molecular flexibility index (Phi) is 8.51. The van der Waals surface area contributed by atoms with Crippen LogP contribution in [0.1, 0.15) is 5.56 Å². The Morgan fingerprint density at radius 2 is 2.02 bits per heavy atom. The van der Waals surface area contributed by atoms with Crippen LogP contribution in [0, 0.1) is 12.7 Å². The zero-order valence-electron chi connectivity index (χ0n) is 23.0. The lowest BCUT2D eigenvalue weighted by Crippen LogP contribution is -2.49. The van der Waals surface area contributed by atoms with Crippen molar-refractivity contribution in [2.45, 2.75) is 24.5 Å². The van der Waals surface area contributed by atoms with Gasteiger partial charge in [0.1, 0.15) is 11.6 Å². The molecule has 0 bridgehead atoms. The van der Waals surface area contributed by atoms with E-state index in [9.17, 15) is 14.0 Å². The van der Waals surface area contributed by atoms with Gasteiger partial charge in [-0.3, -0.25) is 9.36 Å². The molecule has 1 amide bonds. The van der Waals surface area contributed by atoms with E-state index in [1.54, 1.807) is 33.4 Å². The van der Waals surface area contributed by atoms with Crippen LogP contribution in [0.3, 0.4) is 0 Å². The number of aryl methyl sites for hydroxylation is 1. The van der Waals surface area contributed by atoms with Crippen molar-refractivity contribution in [3.8, 4) is 11.1 Å². The molecule has 0 N–H and O–H groups in total. The van der Waals surface area contributed by atoms with Gasteiger partial charge in [0.25, 0.3) is 0 Å². The van der Waals surface area contributed by atoms with Gasteiger partial charge in [-0.15, -0.1) is 11.8 Å². The smallest absolute Gasteiger partial charge is 0.350 e. The van der Waals surface area contributed by atoms with E-state index in [1.807, 2.05) is 21.0 Å². The Labute approximate surface area is 242 Å². The quantitative estimate of drug-likeness (QED) is 0.388. The fourth-order valence-corrected chi connectivity index (χ4v) is 6.80. The summed E-state index contributed by atoms with van der Waals surface area (Å²) in [5.41, 5.74) is 3.13. The van der Waals surface area contributed by atoms with E-state index in [4.69, 9.17) is 16.3 Å². The van der Waals surface area contributed by atoms with E-state index >= 15 is 0 Å². The number of hydrogen-bond acceptors (Lipinski definition) is 7. The molecule has 1 aromatic heterocycles. The minimum absolute atomic E-state index is 0.0486. The average molecular weight is 586 g/mol. The predicted octanol–water partition coefficient (Wildman–Crippen LogP) is 4.05. The Bertz CT molecular complexity index is 1520. The van der Waals surface area contributed by atoms with Crippen LogP contribution in [0.15, 0.2) is 46.6 Å².